The van der Waals surface area contributed by atoms with E-state index in [1.165, 1.54) is 128 Å². The lowest BCUT2D eigenvalue weighted by molar-refractivity contribution is 0.293. The lowest BCUT2D eigenvalue weighted by Gasteiger charge is -2.16. The first kappa shape index (κ1) is 31.1. The van der Waals surface area contributed by atoms with Crippen LogP contribution in [0.25, 0.3) is 0 Å². The van der Waals surface area contributed by atoms with Crippen LogP contribution in [0.4, 0.5) is 0 Å². The Balaban J connectivity index is 0. The number of nitrogens with zero attached hydrogens (tertiary/aromatic N) is 1. The fraction of sp³-hybridized carbons (Fsp3) is 1.00. The van der Waals surface area contributed by atoms with Gasteiger partial charge in [-0.25, -0.2) is 0 Å². The predicted octanol–water partition coefficient (Wildman–Crippen LogP) is 9.07. The van der Waals surface area contributed by atoms with Gasteiger partial charge in [0, 0.05) is 0 Å². The molecule has 0 saturated heterocycles. The monoisotopic (exact) mass is 412 g/mol. The molecule has 1 unspecified atom stereocenters. The Hall–Kier alpha value is -0.0800. The van der Waals surface area contributed by atoms with Crippen molar-refractivity contribution < 1.29 is 0 Å². The second-order valence-corrected chi connectivity index (χ2v) is 9.30. The lowest BCUT2D eigenvalue weighted by Crippen LogP contribution is -2.35. The molecule has 2 N–H and O–H groups in total. The highest BCUT2D eigenvalue weighted by Crippen LogP contribution is 2.14. The normalized spacial score (nSPS) is 12.1. The molecular formula is C27H60N2. The lowest BCUT2D eigenvalue weighted by atomic mass is 10.0. The van der Waals surface area contributed by atoms with E-state index in [2.05, 4.69) is 20.8 Å². The molecule has 0 aromatic rings. The van der Waals surface area contributed by atoms with Gasteiger partial charge in [0.15, 0.2) is 0 Å². The first-order chi connectivity index (χ1) is 14.1. The van der Waals surface area contributed by atoms with Crippen LogP contribution in [0, 0.1) is 0 Å². The Bertz CT molecular complexity index is 245. The molecule has 0 amide bonds. The minimum Gasteiger partial charge on any atom is -0.316 e. The second-order valence-electron chi connectivity index (χ2n) is 9.30. The smallest absolute Gasteiger partial charge is 0.0563 e. The van der Waals surface area contributed by atoms with Crippen molar-refractivity contribution in [2.75, 3.05) is 14.1 Å². The van der Waals surface area contributed by atoms with Gasteiger partial charge in [0.1, 0.15) is 0 Å². The fourth-order valence-corrected chi connectivity index (χ4v) is 3.69. The van der Waals surface area contributed by atoms with Crippen LogP contribution in [0.15, 0.2) is 0 Å². The van der Waals surface area contributed by atoms with Crippen LogP contribution in [-0.2, 0) is 0 Å². The average molecular weight is 413 g/mol. The van der Waals surface area contributed by atoms with Crippen molar-refractivity contribution in [3.8, 4) is 0 Å². The topological polar surface area (TPSA) is 29.3 Å². The van der Waals surface area contributed by atoms with Gasteiger partial charge in [-0.3, -0.25) is 4.90 Å². The third kappa shape index (κ3) is 30.2. The molecule has 0 aliphatic heterocycles. The maximum absolute atomic E-state index is 5.54. The largest absolute Gasteiger partial charge is 0.316 e. The predicted molar refractivity (Wildman–Crippen MR) is 136 cm³/mol. The molecule has 2 nitrogen and oxygen atoms in total. The molecule has 0 rings (SSSR count). The summed E-state index contributed by atoms with van der Waals surface area (Å²) in [6.07, 6.45) is 30.7. The molecular weight excluding hydrogens is 352 g/mol. The van der Waals surface area contributed by atoms with Gasteiger partial charge in [-0.05, 0) is 20.5 Å². The van der Waals surface area contributed by atoms with Crippen molar-refractivity contribution in [1.82, 2.24) is 4.90 Å². The minimum atomic E-state index is 0.236. The second kappa shape index (κ2) is 27.9. The highest BCUT2D eigenvalue weighted by molar-refractivity contribution is 4.51. The Morgan fingerprint density at radius 1 is 0.448 bits per heavy atom. The van der Waals surface area contributed by atoms with Crippen LogP contribution in [0.3, 0.4) is 0 Å². The van der Waals surface area contributed by atoms with E-state index in [1.807, 2.05) is 19.0 Å². The molecule has 0 aromatic carbocycles. The van der Waals surface area contributed by atoms with Gasteiger partial charge in [0.25, 0.3) is 0 Å². The standard InChI is InChI=1S/C22H46.C5H14N2/c1-3-5-7-9-11-13-15-17-19-21-22-20-18-16-14-12-10-8-6-4-2;1-4-5(6)7(2)3/h3-22H2,1-2H3;5H,4,6H2,1-3H3. The van der Waals surface area contributed by atoms with Crippen molar-refractivity contribution in [2.45, 2.75) is 162 Å². The van der Waals surface area contributed by atoms with E-state index in [-0.39, 0.29) is 6.17 Å². The van der Waals surface area contributed by atoms with Crippen LogP contribution >= 0.6 is 0 Å². The van der Waals surface area contributed by atoms with E-state index in [1.54, 1.807) is 0 Å². The third-order valence-electron chi connectivity index (χ3n) is 6.04. The summed E-state index contributed by atoms with van der Waals surface area (Å²) in [5.74, 6) is 0. The van der Waals surface area contributed by atoms with Crippen LogP contribution in [-0.4, -0.2) is 25.2 Å². The van der Waals surface area contributed by atoms with E-state index in [0.717, 1.165) is 6.42 Å². The molecule has 0 heterocycles. The van der Waals surface area contributed by atoms with E-state index in [9.17, 15) is 0 Å². The van der Waals surface area contributed by atoms with Gasteiger partial charge in [-0.1, -0.05) is 149 Å². The molecule has 0 saturated carbocycles. The minimum absolute atomic E-state index is 0.236. The molecule has 0 fully saturated rings. The first-order valence-electron chi connectivity index (χ1n) is 13.5. The summed E-state index contributed by atoms with van der Waals surface area (Å²) in [5, 5.41) is 0. The van der Waals surface area contributed by atoms with Crippen molar-refractivity contribution in [1.29, 1.82) is 0 Å². The molecule has 0 radical (unpaired) electrons. The van der Waals surface area contributed by atoms with Gasteiger partial charge in [0.05, 0.1) is 6.17 Å². The Morgan fingerprint density at radius 2 is 0.655 bits per heavy atom. The van der Waals surface area contributed by atoms with Crippen LogP contribution in [0.1, 0.15) is 156 Å². The molecule has 0 aromatic heterocycles. The number of hydrogen-bond acceptors (Lipinski definition) is 2. The summed E-state index contributed by atoms with van der Waals surface area (Å²) < 4.78 is 0. The first-order valence-corrected chi connectivity index (χ1v) is 13.5. The zero-order valence-corrected chi connectivity index (χ0v) is 21.5. The van der Waals surface area contributed by atoms with E-state index < -0.39 is 0 Å². The molecule has 0 spiro atoms. The summed E-state index contributed by atoms with van der Waals surface area (Å²) in [6.45, 7) is 6.67. The summed E-state index contributed by atoms with van der Waals surface area (Å²) in [4.78, 5) is 2.00. The molecule has 29 heavy (non-hydrogen) atoms. The number of nitrogens with two attached hydrogens (primary N) is 1. The summed E-state index contributed by atoms with van der Waals surface area (Å²) >= 11 is 0. The zero-order valence-electron chi connectivity index (χ0n) is 21.5. The molecule has 2 heteroatoms. The quantitative estimate of drug-likeness (QED) is 0.150. The number of rotatable bonds is 21. The third-order valence-corrected chi connectivity index (χ3v) is 6.04. The summed E-state index contributed by atoms with van der Waals surface area (Å²) in [7, 11) is 3.96. The van der Waals surface area contributed by atoms with Crippen LogP contribution in [0.5, 0.6) is 0 Å². The van der Waals surface area contributed by atoms with Gasteiger partial charge < -0.3 is 5.73 Å². The number of hydrogen-bond donors (Lipinski definition) is 1. The van der Waals surface area contributed by atoms with E-state index in [0.29, 0.717) is 0 Å². The van der Waals surface area contributed by atoms with Crippen molar-refractivity contribution in [3.63, 3.8) is 0 Å². The Kier molecular flexibility index (Phi) is 29.9. The molecule has 0 aliphatic rings. The van der Waals surface area contributed by atoms with Crippen molar-refractivity contribution in [3.05, 3.63) is 0 Å². The molecule has 1 atom stereocenters. The fourth-order valence-electron chi connectivity index (χ4n) is 3.69. The zero-order chi connectivity index (χ0) is 22.0. The number of unbranched alkanes of at least 4 members (excludes halogenated alkanes) is 19. The van der Waals surface area contributed by atoms with E-state index in [4.69, 9.17) is 5.73 Å². The van der Waals surface area contributed by atoms with Gasteiger partial charge >= 0.3 is 0 Å². The van der Waals surface area contributed by atoms with Crippen molar-refractivity contribution in [2.24, 2.45) is 5.73 Å². The van der Waals surface area contributed by atoms with Gasteiger partial charge in [-0.15, -0.1) is 0 Å². The van der Waals surface area contributed by atoms with Gasteiger partial charge in [-0.2, -0.15) is 0 Å². The molecule has 178 valence electrons. The molecule has 0 bridgehead atoms. The van der Waals surface area contributed by atoms with Crippen molar-refractivity contribution >= 4 is 0 Å². The highest BCUT2D eigenvalue weighted by Gasteiger charge is 1.97. The SMILES string of the molecule is CCC(N)N(C)C.CCCCCCCCCCCCCCCCCCCCCC. The van der Waals surface area contributed by atoms with E-state index >= 15 is 0 Å². The Labute approximate surface area is 186 Å². The van der Waals surface area contributed by atoms with Crippen LogP contribution in [0.2, 0.25) is 0 Å². The van der Waals surface area contributed by atoms with Gasteiger partial charge in [0.2, 0.25) is 0 Å². The maximum atomic E-state index is 5.54. The molecule has 0 aliphatic carbocycles. The highest BCUT2D eigenvalue weighted by atomic mass is 15.2. The maximum Gasteiger partial charge on any atom is 0.0563 e. The summed E-state index contributed by atoms with van der Waals surface area (Å²) in [5.41, 5.74) is 5.54. The summed E-state index contributed by atoms with van der Waals surface area (Å²) in [6, 6.07) is 0. The van der Waals surface area contributed by atoms with Crippen LogP contribution < -0.4 is 5.73 Å². The Morgan fingerprint density at radius 3 is 0.759 bits per heavy atom. The average Bonchev–Trinajstić information content (AvgIpc) is 2.72.